The lowest BCUT2D eigenvalue weighted by Crippen LogP contribution is -2.49. The van der Waals surface area contributed by atoms with Crippen molar-refractivity contribution in [3.8, 4) is 0 Å². The monoisotopic (exact) mass is 432 g/mol. The molecule has 1 aromatic heterocycles. The van der Waals surface area contributed by atoms with E-state index in [1.807, 2.05) is 12.1 Å². The predicted molar refractivity (Wildman–Crippen MR) is 111 cm³/mol. The first-order valence-electron chi connectivity index (χ1n) is 10.2. The van der Waals surface area contributed by atoms with Crippen LogP contribution in [0.5, 0.6) is 0 Å². The molecule has 1 saturated heterocycles. The number of nitrogens with zero attached hydrogens (tertiary/aromatic N) is 1. The van der Waals surface area contributed by atoms with Crippen LogP contribution in [0, 0.1) is 11.7 Å². The average Bonchev–Trinajstić information content (AvgIpc) is 3.25. The highest BCUT2D eigenvalue weighted by Crippen LogP contribution is 2.47. The molecule has 2 fully saturated rings. The Morgan fingerprint density at radius 1 is 1.30 bits per heavy atom. The third kappa shape index (κ3) is 4.82. The lowest BCUT2D eigenvalue weighted by atomic mass is 10.1. The Morgan fingerprint density at radius 2 is 2.10 bits per heavy atom. The molecule has 2 aliphatic rings. The van der Waals surface area contributed by atoms with Gasteiger partial charge in [-0.15, -0.1) is 0 Å². The van der Waals surface area contributed by atoms with Gasteiger partial charge in [0.1, 0.15) is 17.3 Å². The molecule has 0 radical (unpaired) electrons. The van der Waals surface area contributed by atoms with Gasteiger partial charge in [-0.05, 0) is 61.6 Å². The second-order valence-electron chi connectivity index (χ2n) is 8.10. The Labute approximate surface area is 175 Å². The maximum Gasteiger partial charge on any atom is 0.246 e. The zero-order chi connectivity index (χ0) is 21.3. The second-order valence-corrected chi connectivity index (χ2v) is 9.81. The highest BCUT2D eigenvalue weighted by Gasteiger charge is 2.36. The molecule has 3 atom stereocenters. The molecule has 2 aromatic rings. The molecule has 1 aliphatic heterocycles. The third-order valence-corrected chi connectivity index (χ3v) is 7.19. The summed E-state index contributed by atoms with van der Waals surface area (Å²) in [5.74, 6) is 1.92. The van der Waals surface area contributed by atoms with Crippen molar-refractivity contribution in [2.75, 3.05) is 13.1 Å². The summed E-state index contributed by atoms with van der Waals surface area (Å²) in [6.45, 7) is 3.01. The van der Waals surface area contributed by atoms with E-state index < -0.39 is 21.9 Å². The minimum absolute atomic E-state index is 0.121. The van der Waals surface area contributed by atoms with Gasteiger partial charge in [0.15, 0.2) is 0 Å². The first kappa shape index (κ1) is 20.8. The number of furan rings is 1. The van der Waals surface area contributed by atoms with Crippen LogP contribution in [0.2, 0.25) is 0 Å². The van der Waals surface area contributed by atoms with Crippen molar-refractivity contribution in [2.45, 2.75) is 43.0 Å². The number of piperidine rings is 1. The van der Waals surface area contributed by atoms with Gasteiger partial charge in [-0.2, -0.15) is 0 Å². The first-order chi connectivity index (χ1) is 14.3. The van der Waals surface area contributed by atoms with Gasteiger partial charge < -0.3 is 9.32 Å². The largest absolute Gasteiger partial charge is 0.461 e. The number of hydrogen-bond donors (Lipinski definition) is 1. The number of amides is 1. The lowest BCUT2D eigenvalue weighted by Gasteiger charge is -2.32. The molecule has 0 spiro atoms. The number of carbonyl (C=O) groups is 1. The number of rotatable bonds is 6. The van der Waals surface area contributed by atoms with Crippen LogP contribution in [-0.2, 0) is 14.8 Å². The maximum atomic E-state index is 13.4. The van der Waals surface area contributed by atoms with Gasteiger partial charge in [0.2, 0.25) is 15.9 Å². The van der Waals surface area contributed by atoms with Crippen LogP contribution < -0.4 is 4.72 Å². The fraction of sp³-hybridized carbons (Fsp3) is 0.409. The summed E-state index contributed by atoms with van der Waals surface area (Å²) in [6, 6.07) is 8.27. The Hall–Kier alpha value is -2.45. The summed E-state index contributed by atoms with van der Waals surface area (Å²) in [5.41, 5.74) is 0. The van der Waals surface area contributed by atoms with E-state index >= 15 is 0 Å². The van der Waals surface area contributed by atoms with Crippen LogP contribution in [0.1, 0.15) is 43.6 Å². The molecule has 1 N–H and O–H groups in total. The van der Waals surface area contributed by atoms with Crippen LogP contribution in [0.15, 0.2) is 51.8 Å². The van der Waals surface area contributed by atoms with Crippen LogP contribution in [0.3, 0.4) is 0 Å². The molecule has 8 heteroatoms. The lowest BCUT2D eigenvalue weighted by molar-refractivity contribution is -0.127. The molecule has 3 unspecified atom stereocenters. The number of halogens is 1. The van der Waals surface area contributed by atoms with Gasteiger partial charge in [0, 0.05) is 31.1 Å². The van der Waals surface area contributed by atoms with E-state index in [0.29, 0.717) is 37.0 Å². The highest BCUT2D eigenvalue weighted by molar-refractivity contribution is 7.89. The van der Waals surface area contributed by atoms with Crippen LogP contribution in [0.25, 0.3) is 6.08 Å². The Kier molecular flexibility index (Phi) is 5.79. The van der Waals surface area contributed by atoms with Gasteiger partial charge in [-0.25, -0.2) is 17.5 Å². The maximum absolute atomic E-state index is 13.4. The molecule has 2 heterocycles. The van der Waals surface area contributed by atoms with E-state index in [1.165, 1.54) is 24.3 Å². The molecule has 0 bridgehead atoms. The number of likely N-dealkylation sites (tertiary alicyclic amines) is 1. The third-order valence-electron chi connectivity index (χ3n) is 5.67. The summed E-state index contributed by atoms with van der Waals surface area (Å²) < 4.78 is 46.8. The van der Waals surface area contributed by atoms with Crippen molar-refractivity contribution < 1.29 is 22.0 Å². The summed E-state index contributed by atoms with van der Waals surface area (Å²) in [5, 5.41) is 0. The van der Waals surface area contributed by atoms with Crippen molar-refractivity contribution in [1.82, 2.24) is 9.62 Å². The second kappa shape index (κ2) is 8.35. The number of sulfonamides is 1. The molecule has 1 aliphatic carbocycles. The Balaban J connectivity index is 1.36. The number of carbonyl (C=O) groups excluding carboxylic acids is 1. The fourth-order valence-corrected chi connectivity index (χ4v) is 5.12. The van der Waals surface area contributed by atoms with Crippen molar-refractivity contribution in [3.63, 3.8) is 0 Å². The average molecular weight is 433 g/mol. The molecule has 1 saturated carbocycles. The molecule has 1 aromatic carbocycles. The zero-order valence-corrected chi connectivity index (χ0v) is 17.6. The van der Waals surface area contributed by atoms with Crippen LogP contribution in [-0.4, -0.2) is 38.4 Å². The first-order valence-corrected chi connectivity index (χ1v) is 11.6. The predicted octanol–water partition coefficient (Wildman–Crippen LogP) is 3.52. The van der Waals surface area contributed by atoms with Gasteiger partial charge in [0.05, 0.1) is 4.90 Å². The van der Waals surface area contributed by atoms with E-state index in [-0.39, 0.29) is 17.3 Å². The van der Waals surface area contributed by atoms with Gasteiger partial charge >= 0.3 is 0 Å². The number of hydrogen-bond acceptors (Lipinski definition) is 4. The number of benzene rings is 1. The molecular weight excluding hydrogens is 407 g/mol. The summed E-state index contributed by atoms with van der Waals surface area (Å²) >= 11 is 0. The smallest absolute Gasteiger partial charge is 0.246 e. The molecule has 160 valence electrons. The van der Waals surface area contributed by atoms with E-state index in [4.69, 9.17) is 4.42 Å². The molecule has 1 amide bonds. The van der Waals surface area contributed by atoms with Crippen LogP contribution >= 0.6 is 0 Å². The minimum atomic E-state index is -3.85. The summed E-state index contributed by atoms with van der Waals surface area (Å²) in [7, 11) is -3.85. The van der Waals surface area contributed by atoms with E-state index in [1.54, 1.807) is 11.0 Å². The summed E-state index contributed by atoms with van der Waals surface area (Å²) in [6.07, 6.45) is 5.54. The quantitative estimate of drug-likeness (QED) is 0.709. The molecule has 6 nitrogen and oxygen atoms in total. The van der Waals surface area contributed by atoms with Gasteiger partial charge in [-0.3, -0.25) is 4.79 Å². The SMILES string of the molecule is CC1CC1c1ccc(C=CC(=O)N2CCCC(NS(=O)(=O)c3cccc(F)c3)C2)o1. The van der Waals surface area contributed by atoms with E-state index in [0.717, 1.165) is 18.2 Å². The molecule has 4 rings (SSSR count). The molecule has 30 heavy (non-hydrogen) atoms. The topological polar surface area (TPSA) is 79.6 Å². The molecular formula is C22H25FN2O4S. The van der Waals surface area contributed by atoms with Crippen molar-refractivity contribution in [2.24, 2.45) is 5.92 Å². The van der Waals surface area contributed by atoms with Gasteiger partial charge in [0.25, 0.3) is 0 Å². The fourth-order valence-electron chi connectivity index (χ4n) is 3.83. The highest BCUT2D eigenvalue weighted by atomic mass is 32.2. The van der Waals surface area contributed by atoms with Crippen molar-refractivity contribution in [3.05, 3.63) is 59.8 Å². The van der Waals surface area contributed by atoms with Crippen molar-refractivity contribution in [1.29, 1.82) is 0 Å². The van der Waals surface area contributed by atoms with E-state index in [2.05, 4.69) is 11.6 Å². The van der Waals surface area contributed by atoms with Gasteiger partial charge in [-0.1, -0.05) is 13.0 Å². The normalized spacial score (nSPS) is 24.3. The Bertz CT molecular complexity index is 1060. The van der Waals surface area contributed by atoms with Crippen molar-refractivity contribution >= 4 is 22.0 Å². The van der Waals surface area contributed by atoms with Crippen LogP contribution in [0.4, 0.5) is 4.39 Å². The standard InChI is InChI=1S/C22H25FN2O4S/c1-15-12-20(15)21-9-7-18(29-21)8-10-22(26)25-11-3-5-17(14-25)24-30(27,28)19-6-2-4-16(23)13-19/h2,4,6-10,13,15,17,20,24H,3,5,11-12,14H2,1H3. The zero-order valence-electron chi connectivity index (χ0n) is 16.8. The van der Waals surface area contributed by atoms with E-state index in [9.17, 15) is 17.6 Å². The summed E-state index contributed by atoms with van der Waals surface area (Å²) in [4.78, 5) is 14.1. The Morgan fingerprint density at radius 3 is 2.83 bits per heavy atom. The number of nitrogens with one attached hydrogen (secondary N) is 1. The minimum Gasteiger partial charge on any atom is -0.461 e.